The van der Waals surface area contributed by atoms with Crippen molar-refractivity contribution in [2.24, 2.45) is 0 Å². The van der Waals surface area contributed by atoms with E-state index in [-0.39, 0.29) is 5.25 Å². The van der Waals surface area contributed by atoms with E-state index in [1.54, 1.807) is 6.20 Å². The molecule has 2 heterocycles. The predicted octanol–water partition coefficient (Wildman–Crippen LogP) is 3.14. The monoisotopic (exact) mass is 285 g/mol. The van der Waals surface area contributed by atoms with Gasteiger partial charge in [-0.1, -0.05) is 12.1 Å². The van der Waals surface area contributed by atoms with Gasteiger partial charge in [0, 0.05) is 6.20 Å². The van der Waals surface area contributed by atoms with E-state index in [9.17, 15) is 4.21 Å². The van der Waals surface area contributed by atoms with Crippen LogP contribution >= 0.6 is 0 Å². The number of pyridine rings is 1. The molecule has 0 bridgehead atoms. The second-order valence-electron chi connectivity index (χ2n) is 4.76. The van der Waals surface area contributed by atoms with Gasteiger partial charge in [-0.15, -0.1) is 0 Å². The summed E-state index contributed by atoms with van der Waals surface area (Å²) in [4.78, 5) is 11.8. The van der Waals surface area contributed by atoms with E-state index in [0.29, 0.717) is 5.16 Å². The van der Waals surface area contributed by atoms with Crippen molar-refractivity contribution in [2.75, 3.05) is 0 Å². The smallest absolute Gasteiger partial charge is 0.198 e. The Kier molecular flexibility index (Phi) is 3.36. The first-order valence-electron chi connectivity index (χ1n) is 6.43. The molecule has 3 rings (SSSR count). The van der Waals surface area contributed by atoms with Crippen LogP contribution in [0.25, 0.3) is 11.0 Å². The molecule has 0 unspecified atom stereocenters. The van der Waals surface area contributed by atoms with Crippen LogP contribution in [0.4, 0.5) is 0 Å². The Labute approximate surface area is 119 Å². The molecule has 0 amide bonds. The van der Waals surface area contributed by atoms with Gasteiger partial charge in [0.2, 0.25) is 0 Å². The van der Waals surface area contributed by atoms with Crippen LogP contribution in [0.15, 0.2) is 47.8 Å². The Bertz CT molecular complexity index is 767. The molecule has 2 aromatic heterocycles. The molecule has 0 aliphatic carbocycles. The van der Waals surface area contributed by atoms with E-state index >= 15 is 0 Å². The van der Waals surface area contributed by atoms with Crippen molar-refractivity contribution in [3.05, 3.63) is 53.9 Å². The summed E-state index contributed by atoms with van der Waals surface area (Å²) in [7, 11) is -1.25. The van der Waals surface area contributed by atoms with Gasteiger partial charge in [-0.25, -0.2) is 4.98 Å². The van der Waals surface area contributed by atoms with Crippen LogP contribution in [0.5, 0.6) is 0 Å². The van der Waals surface area contributed by atoms with Crippen LogP contribution in [0, 0.1) is 6.92 Å². The Morgan fingerprint density at radius 1 is 1.25 bits per heavy atom. The third-order valence-electron chi connectivity index (χ3n) is 3.23. The second-order valence-corrected chi connectivity index (χ2v) is 6.45. The van der Waals surface area contributed by atoms with E-state index in [1.165, 1.54) is 0 Å². The van der Waals surface area contributed by atoms with Crippen molar-refractivity contribution in [3.63, 3.8) is 0 Å². The number of nitrogens with zero attached hydrogens (tertiary/aromatic N) is 2. The first-order chi connectivity index (χ1) is 9.65. The highest BCUT2D eigenvalue weighted by Gasteiger charge is 2.19. The Balaban J connectivity index is 1.96. The van der Waals surface area contributed by atoms with E-state index < -0.39 is 10.8 Å². The Morgan fingerprint density at radius 2 is 2.10 bits per heavy atom. The van der Waals surface area contributed by atoms with Crippen molar-refractivity contribution in [2.45, 2.75) is 24.3 Å². The summed E-state index contributed by atoms with van der Waals surface area (Å²) in [6.07, 6.45) is 1.71. The number of rotatable bonds is 3. The normalized spacial score (nSPS) is 14.3. The van der Waals surface area contributed by atoms with Gasteiger partial charge in [-0.05, 0) is 43.7 Å². The van der Waals surface area contributed by atoms with Crippen LogP contribution in [0.3, 0.4) is 0 Å². The SMILES string of the molecule is Cc1ccc2nc([S@@](=O)[C@H](C)c3ccccn3)[nH]c2c1. The molecule has 0 aliphatic heterocycles. The Hall–Kier alpha value is -2.01. The summed E-state index contributed by atoms with van der Waals surface area (Å²) >= 11 is 0. The van der Waals surface area contributed by atoms with Crippen molar-refractivity contribution in [3.8, 4) is 0 Å². The highest BCUT2D eigenvalue weighted by atomic mass is 32.2. The van der Waals surface area contributed by atoms with Crippen LogP contribution in [-0.4, -0.2) is 19.2 Å². The highest BCUT2D eigenvalue weighted by Crippen LogP contribution is 2.23. The summed E-state index contributed by atoms with van der Waals surface area (Å²) in [5.41, 5.74) is 3.72. The van der Waals surface area contributed by atoms with Gasteiger partial charge in [0.1, 0.15) is 0 Å². The summed E-state index contributed by atoms with van der Waals surface area (Å²) in [5.74, 6) is 0. The molecule has 0 radical (unpaired) electrons. The number of aryl methyl sites for hydroxylation is 1. The molecule has 2 atom stereocenters. The lowest BCUT2D eigenvalue weighted by molar-refractivity contribution is 0.669. The molecule has 0 spiro atoms. The van der Waals surface area contributed by atoms with Crippen molar-refractivity contribution in [1.82, 2.24) is 15.0 Å². The second kappa shape index (κ2) is 5.17. The summed E-state index contributed by atoms with van der Waals surface area (Å²) in [5, 5.41) is 0.307. The number of hydrogen-bond donors (Lipinski definition) is 1. The third-order valence-corrected chi connectivity index (χ3v) is 4.69. The number of H-pyrrole nitrogens is 1. The van der Waals surface area contributed by atoms with Gasteiger partial charge in [0.15, 0.2) is 5.16 Å². The maximum Gasteiger partial charge on any atom is 0.198 e. The van der Waals surface area contributed by atoms with E-state index in [4.69, 9.17) is 0 Å². The maximum atomic E-state index is 12.6. The first kappa shape index (κ1) is 13.0. The van der Waals surface area contributed by atoms with Crippen LogP contribution in [0.2, 0.25) is 0 Å². The lowest BCUT2D eigenvalue weighted by atomic mass is 10.2. The molecule has 4 nitrogen and oxygen atoms in total. The average molecular weight is 285 g/mol. The molecular weight excluding hydrogens is 270 g/mol. The van der Waals surface area contributed by atoms with E-state index in [1.807, 2.05) is 50.2 Å². The minimum atomic E-state index is -1.25. The minimum Gasteiger partial charge on any atom is -0.331 e. The molecule has 0 fully saturated rings. The van der Waals surface area contributed by atoms with Crippen LogP contribution < -0.4 is 0 Å². The molecule has 20 heavy (non-hydrogen) atoms. The molecule has 102 valence electrons. The lowest BCUT2D eigenvalue weighted by Gasteiger charge is -2.08. The van der Waals surface area contributed by atoms with Gasteiger partial charge in [-0.2, -0.15) is 0 Å². The zero-order valence-electron chi connectivity index (χ0n) is 11.3. The highest BCUT2D eigenvalue weighted by molar-refractivity contribution is 7.85. The van der Waals surface area contributed by atoms with Crippen molar-refractivity contribution < 1.29 is 4.21 Å². The largest absolute Gasteiger partial charge is 0.331 e. The van der Waals surface area contributed by atoms with Gasteiger partial charge in [-0.3, -0.25) is 9.19 Å². The zero-order valence-corrected chi connectivity index (χ0v) is 12.1. The number of benzene rings is 1. The van der Waals surface area contributed by atoms with E-state index in [0.717, 1.165) is 22.3 Å². The molecular formula is C15H15N3OS. The van der Waals surface area contributed by atoms with Gasteiger partial charge in [0.25, 0.3) is 0 Å². The van der Waals surface area contributed by atoms with Crippen molar-refractivity contribution in [1.29, 1.82) is 0 Å². The number of aromatic nitrogens is 3. The number of imidazole rings is 1. The lowest BCUT2D eigenvalue weighted by Crippen LogP contribution is -2.06. The molecule has 0 saturated heterocycles. The predicted molar refractivity (Wildman–Crippen MR) is 79.9 cm³/mol. The number of fused-ring (bicyclic) bond motifs is 1. The zero-order chi connectivity index (χ0) is 14.1. The number of hydrogen-bond acceptors (Lipinski definition) is 3. The minimum absolute atomic E-state index is 0.196. The summed E-state index contributed by atoms with van der Waals surface area (Å²) < 4.78 is 12.6. The first-order valence-corrected chi connectivity index (χ1v) is 7.64. The van der Waals surface area contributed by atoms with E-state index in [2.05, 4.69) is 15.0 Å². The van der Waals surface area contributed by atoms with Crippen molar-refractivity contribution >= 4 is 21.8 Å². The van der Waals surface area contributed by atoms with Crippen LogP contribution in [0.1, 0.15) is 23.4 Å². The number of nitrogens with one attached hydrogen (secondary N) is 1. The standard InChI is InChI=1S/C15H15N3OS/c1-10-6-7-13-14(9-10)18-15(17-13)20(19)11(2)12-5-3-4-8-16-12/h3-9,11H,1-2H3,(H,17,18)/t11-,20+/m1/s1. The molecule has 0 aliphatic rings. The molecule has 3 aromatic rings. The quantitative estimate of drug-likeness (QED) is 0.804. The van der Waals surface area contributed by atoms with Crippen LogP contribution in [-0.2, 0) is 10.8 Å². The van der Waals surface area contributed by atoms with Gasteiger partial charge >= 0.3 is 0 Å². The topological polar surface area (TPSA) is 58.6 Å². The fourth-order valence-electron chi connectivity index (χ4n) is 2.09. The van der Waals surface area contributed by atoms with Gasteiger partial charge < -0.3 is 4.98 Å². The fraction of sp³-hybridized carbons (Fsp3) is 0.200. The van der Waals surface area contributed by atoms with Gasteiger partial charge in [0.05, 0.1) is 32.8 Å². The fourth-order valence-corrected chi connectivity index (χ4v) is 3.18. The molecule has 1 aromatic carbocycles. The third kappa shape index (κ3) is 2.36. The Morgan fingerprint density at radius 3 is 2.85 bits per heavy atom. The maximum absolute atomic E-state index is 12.6. The molecule has 0 saturated carbocycles. The average Bonchev–Trinajstić information content (AvgIpc) is 2.89. The number of aromatic amines is 1. The summed E-state index contributed by atoms with van der Waals surface area (Å²) in [6.45, 7) is 3.92. The molecule has 5 heteroatoms. The summed E-state index contributed by atoms with van der Waals surface area (Å²) in [6, 6.07) is 11.6. The molecule has 1 N–H and O–H groups in total.